The Balaban J connectivity index is 2.39. The van der Waals surface area contributed by atoms with Gasteiger partial charge in [0.25, 0.3) is 0 Å². The number of nitrogens with one attached hydrogen (secondary N) is 1. The highest BCUT2D eigenvalue weighted by Gasteiger charge is 2.26. The fourth-order valence-corrected chi connectivity index (χ4v) is 1.97. The quantitative estimate of drug-likeness (QED) is 0.293. The second kappa shape index (κ2) is 7.56. The average Bonchev–Trinajstić information content (AvgIpc) is 2.46. The summed E-state index contributed by atoms with van der Waals surface area (Å²) in [5.74, 6) is -1.08. The van der Waals surface area contributed by atoms with Crippen LogP contribution in [0.15, 0.2) is 5.16 Å². The van der Waals surface area contributed by atoms with Crippen LogP contribution in [0.2, 0.25) is 0 Å². The number of oxime groups is 1. The Kier molecular flexibility index (Phi) is 6.08. The van der Waals surface area contributed by atoms with E-state index in [2.05, 4.69) is 10.5 Å². The normalized spacial score (nSPS) is 18.5. The first-order valence-electron chi connectivity index (χ1n) is 6.69. The lowest BCUT2D eigenvalue weighted by Gasteiger charge is -2.32. The minimum atomic E-state index is -0.678. The molecule has 20 heavy (non-hydrogen) atoms. The summed E-state index contributed by atoms with van der Waals surface area (Å²) in [5.41, 5.74) is 5.39. The van der Waals surface area contributed by atoms with Crippen molar-refractivity contribution in [2.45, 2.75) is 32.7 Å². The van der Waals surface area contributed by atoms with Gasteiger partial charge in [-0.2, -0.15) is 0 Å². The number of amidine groups is 1. The van der Waals surface area contributed by atoms with Crippen LogP contribution in [0.3, 0.4) is 0 Å². The van der Waals surface area contributed by atoms with E-state index in [0.29, 0.717) is 32.5 Å². The molecular formula is C12H22N4O4. The van der Waals surface area contributed by atoms with Crippen molar-refractivity contribution in [3.05, 3.63) is 0 Å². The first-order chi connectivity index (χ1) is 9.49. The van der Waals surface area contributed by atoms with Crippen LogP contribution in [0.1, 0.15) is 26.7 Å². The van der Waals surface area contributed by atoms with Gasteiger partial charge in [-0.25, -0.2) is 4.79 Å². The molecule has 0 saturated carbocycles. The van der Waals surface area contributed by atoms with E-state index in [1.807, 2.05) is 0 Å². The molecule has 0 aromatic heterocycles. The Hall–Kier alpha value is -1.99. The first-order valence-corrected chi connectivity index (χ1v) is 6.69. The summed E-state index contributed by atoms with van der Waals surface area (Å²) in [4.78, 5) is 25.0. The zero-order valence-electron chi connectivity index (χ0n) is 11.8. The smallest absolute Gasteiger partial charge is 0.409 e. The van der Waals surface area contributed by atoms with Gasteiger partial charge in [0.05, 0.1) is 12.5 Å². The molecule has 0 aliphatic carbocycles. The fourth-order valence-electron chi connectivity index (χ4n) is 1.97. The zero-order chi connectivity index (χ0) is 15.1. The summed E-state index contributed by atoms with van der Waals surface area (Å²) in [7, 11) is 0. The van der Waals surface area contributed by atoms with Crippen LogP contribution in [0.5, 0.6) is 0 Å². The molecule has 0 aromatic rings. The molecule has 0 radical (unpaired) electrons. The van der Waals surface area contributed by atoms with Gasteiger partial charge in [-0.3, -0.25) is 4.79 Å². The molecule has 1 aliphatic rings. The molecule has 1 atom stereocenters. The molecule has 0 aromatic carbocycles. The second-order valence-corrected chi connectivity index (χ2v) is 4.72. The number of piperidine rings is 1. The number of nitrogens with two attached hydrogens (primary N) is 1. The minimum Gasteiger partial charge on any atom is -0.450 e. The number of rotatable bonds is 4. The van der Waals surface area contributed by atoms with E-state index in [1.165, 1.54) is 0 Å². The van der Waals surface area contributed by atoms with Crippen molar-refractivity contribution in [3.63, 3.8) is 0 Å². The number of carbonyl (C=O) groups excluding carboxylic acids is 2. The van der Waals surface area contributed by atoms with Gasteiger partial charge < -0.3 is 25.9 Å². The van der Waals surface area contributed by atoms with E-state index in [1.54, 1.807) is 18.7 Å². The molecule has 0 bridgehead atoms. The van der Waals surface area contributed by atoms with E-state index in [9.17, 15) is 9.59 Å². The van der Waals surface area contributed by atoms with Crippen LogP contribution in [0, 0.1) is 5.92 Å². The third-order valence-electron chi connectivity index (χ3n) is 3.32. The highest BCUT2D eigenvalue weighted by atomic mass is 16.6. The summed E-state index contributed by atoms with van der Waals surface area (Å²) in [6, 6.07) is -0.0119. The number of nitrogens with zero attached hydrogens (tertiary/aromatic N) is 2. The maximum atomic E-state index is 11.8. The van der Waals surface area contributed by atoms with Crippen LogP contribution < -0.4 is 11.1 Å². The molecule has 1 aliphatic heterocycles. The van der Waals surface area contributed by atoms with Crippen molar-refractivity contribution in [2.75, 3.05) is 19.7 Å². The van der Waals surface area contributed by atoms with Crippen LogP contribution in [0.25, 0.3) is 0 Å². The van der Waals surface area contributed by atoms with E-state index in [-0.39, 0.29) is 23.9 Å². The summed E-state index contributed by atoms with van der Waals surface area (Å²) >= 11 is 0. The van der Waals surface area contributed by atoms with Crippen LogP contribution in [0.4, 0.5) is 4.79 Å². The highest BCUT2D eigenvalue weighted by molar-refractivity contribution is 6.01. The number of hydrogen-bond donors (Lipinski definition) is 3. The molecule has 4 N–H and O–H groups in total. The average molecular weight is 286 g/mol. The highest BCUT2D eigenvalue weighted by Crippen LogP contribution is 2.12. The van der Waals surface area contributed by atoms with Gasteiger partial charge in [0.1, 0.15) is 0 Å². The fraction of sp³-hybridized carbons (Fsp3) is 0.750. The van der Waals surface area contributed by atoms with Crippen LogP contribution in [-0.4, -0.2) is 53.7 Å². The number of carbonyl (C=O) groups is 2. The van der Waals surface area contributed by atoms with Crippen molar-refractivity contribution >= 4 is 17.8 Å². The molecule has 2 amide bonds. The second-order valence-electron chi connectivity index (χ2n) is 4.72. The SMILES string of the molecule is CCOC(=O)N1CCC(NC(=O)C(C)C(N)=NO)CC1. The Labute approximate surface area is 117 Å². The molecule has 1 fully saturated rings. The lowest BCUT2D eigenvalue weighted by atomic mass is 10.0. The summed E-state index contributed by atoms with van der Waals surface area (Å²) in [6.07, 6.45) is 1.00. The largest absolute Gasteiger partial charge is 0.450 e. The third kappa shape index (κ3) is 4.29. The van der Waals surface area contributed by atoms with E-state index in [0.717, 1.165) is 0 Å². The van der Waals surface area contributed by atoms with Crippen molar-refractivity contribution in [1.82, 2.24) is 10.2 Å². The lowest BCUT2D eigenvalue weighted by molar-refractivity contribution is -0.123. The Morgan fingerprint density at radius 3 is 2.60 bits per heavy atom. The summed E-state index contributed by atoms with van der Waals surface area (Å²) in [5, 5.41) is 14.2. The van der Waals surface area contributed by atoms with Crippen LogP contribution >= 0.6 is 0 Å². The predicted molar refractivity (Wildman–Crippen MR) is 72.3 cm³/mol. The minimum absolute atomic E-state index is 0.0119. The molecule has 8 nitrogen and oxygen atoms in total. The van der Waals surface area contributed by atoms with Crippen molar-refractivity contribution in [3.8, 4) is 0 Å². The van der Waals surface area contributed by atoms with Gasteiger partial charge >= 0.3 is 6.09 Å². The van der Waals surface area contributed by atoms with Crippen LogP contribution in [-0.2, 0) is 9.53 Å². The standard InChI is InChI=1S/C12H22N4O4/c1-3-20-12(18)16-6-4-9(5-7-16)14-11(17)8(2)10(13)15-19/h8-9,19H,3-7H2,1-2H3,(H2,13,15)(H,14,17). The topological polar surface area (TPSA) is 117 Å². The van der Waals surface area contributed by atoms with Gasteiger partial charge in [-0.15, -0.1) is 0 Å². The van der Waals surface area contributed by atoms with Crippen molar-refractivity contribution in [2.24, 2.45) is 16.8 Å². The number of ether oxygens (including phenoxy) is 1. The predicted octanol–water partition coefficient (Wildman–Crippen LogP) is 0.106. The van der Waals surface area contributed by atoms with Crippen molar-refractivity contribution in [1.29, 1.82) is 0 Å². The van der Waals surface area contributed by atoms with Gasteiger partial charge in [0, 0.05) is 19.1 Å². The number of hydrogen-bond acceptors (Lipinski definition) is 5. The van der Waals surface area contributed by atoms with E-state index in [4.69, 9.17) is 15.7 Å². The monoisotopic (exact) mass is 286 g/mol. The van der Waals surface area contributed by atoms with E-state index < -0.39 is 5.92 Å². The van der Waals surface area contributed by atoms with Gasteiger partial charge in [0.15, 0.2) is 5.84 Å². The molecule has 0 spiro atoms. The molecule has 1 unspecified atom stereocenters. The molecule has 1 saturated heterocycles. The zero-order valence-corrected chi connectivity index (χ0v) is 11.8. The Bertz CT molecular complexity index is 378. The Morgan fingerprint density at radius 1 is 1.50 bits per heavy atom. The molecule has 114 valence electrons. The molecule has 1 rings (SSSR count). The summed E-state index contributed by atoms with van der Waals surface area (Å²) in [6.45, 7) is 4.77. The molecular weight excluding hydrogens is 264 g/mol. The Morgan fingerprint density at radius 2 is 2.10 bits per heavy atom. The third-order valence-corrected chi connectivity index (χ3v) is 3.32. The van der Waals surface area contributed by atoms with Crippen molar-refractivity contribution < 1.29 is 19.5 Å². The first kappa shape index (κ1) is 16.1. The van der Waals surface area contributed by atoms with Gasteiger partial charge in [0.2, 0.25) is 5.91 Å². The van der Waals surface area contributed by atoms with E-state index >= 15 is 0 Å². The van der Waals surface area contributed by atoms with Gasteiger partial charge in [-0.05, 0) is 26.7 Å². The lowest BCUT2D eigenvalue weighted by Crippen LogP contribution is -2.49. The maximum Gasteiger partial charge on any atom is 0.409 e. The number of likely N-dealkylation sites (tertiary alicyclic amines) is 1. The number of amides is 2. The summed E-state index contributed by atoms with van der Waals surface area (Å²) < 4.78 is 4.92. The molecule has 1 heterocycles. The maximum absolute atomic E-state index is 11.8. The molecule has 8 heteroatoms. The van der Waals surface area contributed by atoms with Gasteiger partial charge in [-0.1, -0.05) is 5.16 Å².